The maximum Gasteiger partial charge on any atom is 0.308 e. The van der Waals surface area contributed by atoms with Gasteiger partial charge in [0.1, 0.15) is 5.75 Å². The van der Waals surface area contributed by atoms with E-state index in [4.69, 9.17) is 14.2 Å². The first-order valence-corrected chi connectivity index (χ1v) is 11.4. The zero-order chi connectivity index (χ0) is 24.5. The second-order valence-corrected chi connectivity index (χ2v) is 7.96. The lowest BCUT2D eigenvalue weighted by atomic mass is 10.0. The van der Waals surface area contributed by atoms with Crippen LogP contribution >= 0.6 is 0 Å². The molecular weight excluding hydrogens is 440 g/mol. The predicted molar refractivity (Wildman–Crippen MR) is 126 cm³/mol. The molecule has 3 rings (SSSR count). The standard InChI is InChI=1S/C24H32N4O6/c1-4-34-22(30)15-20(17-6-5-7-18(14-17)32-3)26-21(29)9-8-19-16(2)25-24(27-23(19)31)28-10-12-33-13-11-28/h5-7,14,20H,4,8-13,15H2,1-3H3,(H,26,29)(H,25,27,31). The summed E-state index contributed by atoms with van der Waals surface area (Å²) in [6.45, 7) is 6.26. The van der Waals surface area contributed by atoms with E-state index < -0.39 is 12.0 Å². The predicted octanol–water partition coefficient (Wildman–Crippen LogP) is 1.67. The average molecular weight is 473 g/mol. The number of carbonyl (C=O) groups excluding carboxylic acids is 2. The van der Waals surface area contributed by atoms with Crippen molar-refractivity contribution in [2.75, 3.05) is 44.9 Å². The number of aromatic amines is 1. The number of aryl methyl sites for hydroxylation is 1. The number of rotatable bonds is 10. The first-order chi connectivity index (χ1) is 16.4. The van der Waals surface area contributed by atoms with E-state index in [1.165, 1.54) is 0 Å². The van der Waals surface area contributed by atoms with Gasteiger partial charge in [0.25, 0.3) is 5.56 Å². The number of nitrogens with zero attached hydrogens (tertiary/aromatic N) is 2. The third-order valence-corrected chi connectivity index (χ3v) is 5.63. The number of methoxy groups -OCH3 is 1. The molecule has 1 saturated heterocycles. The lowest BCUT2D eigenvalue weighted by Gasteiger charge is -2.27. The Kier molecular flexibility index (Phi) is 9.03. The second-order valence-electron chi connectivity index (χ2n) is 7.96. The number of hydrogen-bond acceptors (Lipinski definition) is 8. The van der Waals surface area contributed by atoms with Crippen LogP contribution in [0, 0.1) is 6.92 Å². The molecule has 1 unspecified atom stereocenters. The van der Waals surface area contributed by atoms with Crippen LogP contribution in [0.5, 0.6) is 5.75 Å². The Balaban J connectivity index is 1.68. The smallest absolute Gasteiger partial charge is 0.308 e. The Hall–Kier alpha value is -3.40. The molecule has 2 aromatic rings. The van der Waals surface area contributed by atoms with Gasteiger partial charge in [0.05, 0.1) is 39.4 Å². The van der Waals surface area contributed by atoms with Gasteiger partial charge < -0.3 is 24.4 Å². The van der Waals surface area contributed by atoms with Gasteiger partial charge in [-0.05, 0) is 38.0 Å². The normalized spacial score (nSPS) is 14.4. The summed E-state index contributed by atoms with van der Waals surface area (Å²) in [6, 6.07) is 6.59. The largest absolute Gasteiger partial charge is 0.497 e. The minimum atomic E-state index is -0.581. The Bertz CT molecular complexity index is 1050. The van der Waals surface area contributed by atoms with Gasteiger partial charge in [0.2, 0.25) is 11.9 Å². The molecule has 1 aromatic heterocycles. The van der Waals surface area contributed by atoms with Gasteiger partial charge >= 0.3 is 5.97 Å². The minimum absolute atomic E-state index is 0.0117. The lowest BCUT2D eigenvalue weighted by molar-refractivity contribution is -0.143. The summed E-state index contributed by atoms with van der Waals surface area (Å²) in [5, 5.41) is 2.90. The lowest BCUT2D eigenvalue weighted by Crippen LogP contribution is -2.38. The molecule has 0 radical (unpaired) electrons. The summed E-state index contributed by atoms with van der Waals surface area (Å²) in [6.07, 6.45) is 0.293. The summed E-state index contributed by atoms with van der Waals surface area (Å²) >= 11 is 0. The van der Waals surface area contributed by atoms with Crippen molar-refractivity contribution >= 4 is 17.8 Å². The number of morpholine rings is 1. The summed E-state index contributed by atoms with van der Waals surface area (Å²) in [4.78, 5) is 46.9. The molecule has 1 atom stereocenters. The van der Waals surface area contributed by atoms with Crippen LogP contribution in [0.2, 0.25) is 0 Å². The number of anilines is 1. The fourth-order valence-electron chi connectivity index (χ4n) is 3.82. The van der Waals surface area contributed by atoms with E-state index in [9.17, 15) is 14.4 Å². The van der Waals surface area contributed by atoms with Crippen molar-refractivity contribution in [1.29, 1.82) is 0 Å². The molecule has 0 aliphatic carbocycles. The summed E-state index contributed by atoms with van der Waals surface area (Å²) < 4.78 is 15.7. The van der Waals surface area contributed by atoms with Crippen LogP contribution in [0.4, 0.5) is 5.95 Å². The van der Waals surface area contributed by atoms with E-state index in [0.29, 0.717) is 49.3 Å². The summed E-state index contributed by atoms with van der Waals surface area (Å²) in [7, 11) is 1.55. The molecule has 10 nitrogen and oxygen atoms in total. The third-order valence-electron chi connectivity index (χ3n) is 5.63. The van der Waals surface area contributed by atoms with Crippen LogP contribution in [-0.2, 0) is 25.5 Å². The highest BCUT2D eigenvalue weighted by Crippen LogP contribution is 2.22. The third kappa shape index (κ3) is 6.80. The van der Waals surface area contributed by atoms with E-state index in [0.717, 1.165) is 5.56 Å². The van der Waals surface area contributed by atoms with Crippen LogP contribution in [0.25, 0.3) is 0 Å². The number of aromatic nitrogens is 2. The first-order valence-electron chi connectivity index (χ1n) is 11.4. The van der Waals surface area contributed by atoms with Gasteiger partial charge in [-0.3, -0.25) is 19.4 Å². The van der Waals surface area contributed by atoms with Gasteiger partial charge in [-0.2, -0.15) is 0 Å². The van der Waals surface area contributed by atoms with Crippen molar-refractivity contribution in [1.82, 2.24) is 15.3 Å². The highest BCUT2D eigenvalue weighted by Gasteiger charge is 2.21. The zero-order valence-electron chi connectivity index (χ0n) is 19.9. The number of esters is 1. The Morgan fingerprint density at radius 3 is 2.74 bits per heavy atom. The number of nitrogens with one attached hydrogen (secondary N) is 2. The van der Waals surface area contributed by atoms with Crippen molar-refractivity contribution in [3.63, 3.8) is 0 Å². The van der Waals surface area contributed by atoms with E-state index in [2.05, 4.69) is 15.3 Å². The van der Waals surface area contributed by atoms with E-state index in [1.807, 2.05) is 11.0 Å². The summed E-state index contributed by atoms with van der Waals surface area (Å²) in [5.41, 5.74) is 1.54. The summed E-state index contributed by atoms with van der Waals surface area (Å²) in [5.74, 6) is 0.444. The monoisotopic (exact) mass is 472 g/mol. The van der Waals surface area contributed by atoms with Gasteiger partial charge in [-0.15, -0.1) is 0 Å². The first kappa shape index (κ1) is 25.2. The second kappa shape index (κ2) is 12.2. The van der Waals surface area contributed by atoms with E-state index in [-0.39, 0.29) is 37.3 Å². The van der Waals surface area contributed by atoms with Gasteiger partial charge in [0, 0.05) is 30.8 Å². The fourth-order valence-corrected chi connectivity index (χ4v) is 3.82. The van der Waals surface area contributed by atoms with Gasteiger partial charge in [-0.1, -0.05) is 12.1 Å². The topological polar surface area (TPSA) is 123 Å². The van der Waals surface area contributed by atoms with Gasteiger partial charge in [0.15, 0.2) is 0 Å². The molecule has 1 aliphatic heterocycles. The van der Waals surface area contributed by atoms with Crippen LogP contribution in [-0.4, -0.2) is 61.9 Å². The average Bonchev–Trinajstić information content (AvgIpc) is 2.83. The number of benzene rings is 1. The number of carbonyl (C=O) groups is 2. The quantitative estimate of drug-likeness (QED) is 0.501. The molecule has 1 fully saturated rings. The van der Waals surface area contributed by atoms with E-state index >= 15 is 0 Å². The number of H-pyrrole nitrogens is 1. The highest BCUT2D eigenvalue weighted by molar-refractivity contribution is 5.78. The Morgan fingerprint density at radius 1 is 1.29 bits per heavy atom. The fraction of sp³-hybridized carbons (Fsp3) is 0.500. The van der Waals surface area contributed by atoms with Crippen LogP contribution in [0.1, 0.15) is 42.6 Å². The molecule has 1 aliphatic rings. The Morgan fingerprint density at radius 2 is 2.06 bits per heavy atom. The molecular formula is C24H32N4O6. The zero-order valence-corrected chi connectivity index (χ0v) is 19.9. The Labute approximate surface area is 198 Å². The van der Waals surface area contributed by atoms with Crippen molar-refractivity contribution in [2.24, 2.45) is 0 Å². The molecule has 0 saturated carbocycles. The number of ether oxygens (including phenoxy) is 3. The molecule has 34 heavy (non-hydrogen) atoms. The van der Waals surface area contributed by atoms with Crippen molar-refractivity contribution in [2.45, 2.75) is 39.2 Å². The van der Waals surface area contributed by atoms with E-state index in [1.54, 1.807) is 39.2 Å². The maximum atomic E-state index is 12.8. The number of hydrogen-bond donors (Lipinski definition) is 2. The maximum absolute atomic E-state index is 12.8. The van der Waals surface area contributed by atoms with Crippen LogP contribution in [0.3, 0.4) is 0 Å². The van der Waals surface area contributed by atoms with Crippen LogP contribution in [0.15, 0.2) is 29.1 Å². The molecule has 184 valence electrons. The molecule has 1 aromatic carbocycles. The number of amides is 1. The molecule has 0 spiro atoms. The molecule has 10 heteroatoms. The van der Waals surface area contributed by atoms with Crippen molar-refractivity contribution in [3.8, 4) is 5.75 Å². The minimum Gasteiger partial charge on any atom is -0.497 e. The molecule has 2 heterocycles. The molecule has 2 N–H and O–H groups in total. The SMILES string of the molecule is CCOC(=O)CC(NC(=O)CCc1c(C)nc(N2CCOCC2)[nH]c1=O)c1cccc(OC)c1. The van der Waals surface area contributed by atoms with Gasteiger partial charge in [-0.25, -0.2) is 4.98 Å². The molecule has 1 amide bonds. The highest BCUT2D eigenvalue weighted by atomic mass is 16.5. The van der Waals surface area contributed by atoms with Crippen LogP contribution < -0.4 is 20.5 Å². The van der Waals surface area contributed by atoms with Crippen molar-refractivity contribution in [3.05, 3.63) is 51.4 Å². The van der Waals surface area contributed by atoms with Crippen molar-refractivity contribution < 1.29 is 23.8 Å². The molecule has 0 bridgehead atoms.